The highest BCUT2D eigenvalue weighted by Gasteiger charge is 2.14. The molecule has 0 aromatic heterocycles. The van der Waals surface area contributed by atoms with Gasteiger partial charge in [0.2, 0.25) is 5.91 Å². The van der Waals surface area contributed by atoms with Crippen molar-refractivity contribution in [2.45, 2.75) is 6.42 Å². The number of carbonyl (C=O) groups is 4. The Labute approximate surface area is 154 Å². The molecule has 0 saturated carbocycles. The lowest BCUT2D eigenvalue weighted by atomic mass is 10.2. The van der Waals surface area contributed by atoms with Crippen molar-refractivity contribution in [3.05, 3.63) is 34.3 Å². The number of rotatable bonds is 8. The molecule has 0 aliphatic rings. The molecule has 0 fully saturated rings. The maximum Gasteiger partial charge on any atom is 0.308 e. The molecule has 136 valence electrons. The van der Waals surface area contributed by atoms with Gasteiger partial charge in [0.15, 0.2) is 6.61 Å². The number of benzene rings is 1. The number of halogens is 1. The molecule has 0 atom stereocenters. The number of esters is 1. The standard InChI is InChI=1S/C16H20BrN3O5/c1-18-13(21)9-20(2)14(22)10-25-15(23)7-8-19-16(24)11-3-5-12(17)6-4-11/h3-6H,7-10H2,1-2H3,(H,18,21)(H,19,24). The van der Waals surface area contributed by atoms with Crippen molar-refractivity contribution in [2.75, 3.05) is 33.8 Å². The molecule has 1 aromatic rings. The van der Waals surface area contributed by atoms with E-state index in [2.05, 4.69) is 26.6 Å². The number of carbonyl (C=O) groups excluding carboxylic acids is 4. The highest BCUT2D eigenvalue weighted by molar-refractivity contribution is 9.10. The average Bonchev–Trinajstić information content (AvgIpc) is 2.59. The zero-order valence-corrected chi connectivity index (χ0v) is 15.6. The molecule has 0 unspecified atom stereocenters. The first kappa shape index (κ1) is 20.6. The first-order chi connectivity index (χ1) is 11.8. The number of hydrogen-bond donors (Lipinski definition) is 2. The van der Waals surface area contributed by atoms with Crippen LogP contribution >= 0.6 is 15.9 Å². The van der Waals surface area contributed by atoms with Crippen LogP contribution in [0.25, 0.3) is 0 Å². The zero-order valence-electron chi connectivity index (χ0n) is 14.0. The van der Waals surface area contributed by atoms with Crippen molar-refractivity contribution in [3.8, 4) is 0 Å². The largest absolute Gasteiger partial charge is 0.456 e. The highest BCUT2D eigenvalue weighted by Crippen LogP contribution is 2.10. The fraction of sp³-hybridized carbons (Fsp3) is 0.375. The first-order valence-corrected chi connectivity index (χ1v) is 8.26. The van der Waals surface area contributed by atoms with Crippen LogP contribution in [0.4, 0.5) is 0 Å². The molecule has 1 rings (SSSR count). The molecule has 3 amide bonds. The molecule has 1 aromatic carbocycles. The maximum absolute atomic E-state index is 11.8. The Bertz CT molecular complexity index is 633. The summed E-state index contributed by atoms with van der Waals surface area (Å²) in [5.74, 6) is -1.73. The van der Waals surface area contributed by atoms with Gasteiger partial charge in [-0.3, -0.25) is 19.2 Å². The van der Waals surface area contributed by atoms with E-state index in [1.54, 1.807) is 24.3 Å². The zero-order chi connectivity index (χ0) is 18.8. The van der Waals surface area contributed by atoms with Crippen molar-refractivity contribution in [1.29, 1.82) is 0 Å². The summed E-state index contributed by atoms with van der Waals surface area (Å²) in [6.07, 6.45) is -0.0608. The number of hydrogen-bond acceptors (Lipinski definition) is 5. The lowest BCUT2D eigenvalue weighted by Crippen LogP contribution is -2.39. The molecule has 2 N–H and O–H groups in total. The Morgan fingerprint density at radius 2 is 1.80 bits per heavy atom. The molecule has 8 nitrogen and oxygen atoms in total. The Morgan fingerprint density at radius 3 is 2.40 bits per heavy atom. The van der Waals surface area contributed by atoms with Crippen LogP contribution in [0, 0.1) is 0 Å². The van der Waals surface area contributed by atoms with Gasteiger partial charge >= 0.3 is 5.97 Å². The van der Waals surface area contributed by atoms with Crippen LogP contribution in [0.15, 0.2) is 28.7 Å². The van der Waals surface area contributed by atoms with Crippen LogP contribution in [0.5, 0.6) is 0 Å². The van der Waals surface area contributed by atoms with Gasteiger partial charge in [0.1, 0.15) is 0 Å². The smallest absolute Gasteiger partial charge is 0.308 e. The molecule has 9 heteroatoms. The highest BCUT2D eigenvalue weighted by atomic mass is 79.9. The molecular formula is C16H20BrN3O5. The van der Waals surface area contributed by atoms with Gasteiger partial charge in [-0.15, -0.1) is 0 Å². The summed E-state index contributed by atoms with van der Waals surface area (Å²) in [6, 6.07) is 6.78. The Hall–Kier alpha value is -2.42. The number of ether oxygens (including phenoxy) is 1. The van der Waals surface area contributed by atoms with Crippen LogP contribution in [-0.4, -0.2) is 62.4 Å². The van der Waals surface area contributed by atoms with Gasteiger partial charge in [0.05, 0.1) is 13.0 Å². The second kappa shape index (κ2) is 10.4. The fourth-order valence-corrected chi connectivity index (χ4v) is 1.95. The molecule has 0 saturated heterocycles. The monoisotopic (exact) mass is 413 g/mol. The van der Waals surface area contributed by atoms with E-state index in [0.717, 1.165) is 9.37 Å². The minimum Gasteiger partial charge on any atom is -0.456 e. The fourth-order valence-electron chi connectivity index (χ4n) is 1.69. The van der Waals surface area contributed by atoms with Gasteiger partial charge in [-0.25, -0.2) is 0 Å². The number of amides is 3. The summed E-state index contributed by atoms with van der Waals surface area (Å²) in [5.41, 5.74) is 0.475. The molecule has 0 aliphatic carbocycles. The van der Waals surface area contributed by atoms with Gasteiger partial charge in [-0.1, -0.05) is 15.9 Å². The van der Waals surface area contributed by atoms with Crippen LogP contribution in [0.2, 0.25) is 0 Å². The van der Waals surface area contributed by atoms with Crippen LogP contribution in [0.1, 0.15) is 16.8 Å². The molecule has 0 heterocycles. The molecule has 25 heavy (non-hydrogen) atoms. The minimum atomic E-state index is -0.613. The van der Waals surface area contributed by atoms with E-state index in [1.165, 1.54) is 14.1 Å². The molecule has 0 spiro atoms. The van der Waals surface area contributed by atoms with E-state index in [0.29, 0.717) is 5.56 Å². The van der Waals surface area contributed by atoms with Gasteiger partial charge in [-0.2, -0.15) is 0 Å². The summed E-state index contributed by atoms with van der Waals surface area (Å²) < 4.78 is 5.68. The molecular weight excluding hydrogens is 394 g/mol. The van der Waals surface area contributed by atoms with E-state index >= 15 is 0 Å². The van der Waals surface area contributed by atoms with E-state index in [4.69, 9.17) is 4.74 Å². The van der Waals surface area contributed by atoms with Crippen LogP contribution in [-0.2, 0) is 19.1 Å². The summed E-state index contributed by atoms with van der Waals surface area (Å²) in [7, 11) is 2.90. The average molecular weight is 414 g/mol. The minimum absolute atomic E-state index is 0.0608. The van der Waals surface area contributed by atoms with Crippen molar-refractivity contribution >= 4 is 39.6 Å². The van der Waals surface area contributed by atoms with E-state index in [1.807, 2.05) is 0 Å². The topological polar surface area (TPSA) is 105 Å². The van der Waals surface area contributed by atoms with Gasteiger partial charge in [0, 0.05) is 30.7 Å². The van der Waals surface area contributed by atoms with Crippen molar-refractivity contribution in [2.24, 2.45) is 0 Å². The summed E-state index contributed by atoms with van der Waals surface area (Å²) in [5, 5.41) is 4.98. The summed E-state index contributed by atoms with van der Waals surface area (Å²) in [6.45, 7) is -0.473. The number of nitrogens with zero attached hydrogens (tertiary/aromatic N) is 1. The normalized spacial score (nSPS) is 9.88. The maximum atomic E-state index is 11.8. The molecule has 0 aliphatic heterocycles. The summed E-state index contributed by atoms with van der Waals surface area (Å²) in [4.78, 5) is 47.4. The van der Waals surface area contributed by atoms with Gasteiger partial charge in [-0.05, 0) is 24.3 Å². The summed E-state index contributed by atoms with van der Waals surface area (Å²) >= 11 is 3.28. The quantitative estimate of drug-likeness (QED) is 0.597. The third-order valence-corrected chi connectivity index (χ3v) is 3.69. The van der Waals surface area contributed by atoms with Crippen LogP contribution < -0.4 is 10.6 Å². The predicted octanol–water partition coefficient (Wildman–Crippen LogP) is 0.317. The van der Waals surface area contributed by atoms with Crippen LogP contribution in [0.3, 0.4) is 0 Å². The Balaban J connectivity index is 2.26. The van der Waals surface area contributed by atoms with Crippen molar-refractivity contribution in [3.63, 3.8) is 0 Å². The second-order valence-corrected chi connectivity index (χ2v) is 6.01. The predicted molar refractivity (Wildman–Crippen MR) is 93.8 cm³/mol. The first-order valence-electron chi connectivity index (χ1n) is 7.47. The molecule has 0 radical (unpaired) electrons. The van der Waals surface area contributed by atoms with E-state index in [-0.39, 0.29) is 31.3 Å². The second-order valence-electron chi connectivity index (χ2n) is 5.10. The van der Waals surface area contributed by atoms with Gasteiger partial charge in [0.25, 0.3) is 11.8 Å². The number of nitrogens with one attached hydrogen (secondary N) is 2. The van der Waals surface area contributed by atoms with Crippen molar-refractivity contribution < 1.29 is 23.9 Å². The Morgan fingerprint density at radius 1 is 1.16 bits per heavy atom. The van der Waals surface area contributed by atoms with Gasteiger partial charge < -0.3 is 20.3 Å². The number of likely N-dealkylation sites (N-methyl/N-ethyl adjacent to an activating group) is 2. The lowest BCUT2D eigenvalue weighted by molar-refractivity contribution is -0.151. The lowest BCUT2D eigenvalue weighted by Gasteiger charge is -2.15. The van der Waals surface area contributed by atoms with Crippen molar-refractivity contribution in [1.82, 2.24) is 15.5 Å². The molecule has 0 bridgehead atoms. The SMILES string of the molecule is CNC(=O)CN(C)C(=O)COC(=O)CCNC(=O)c1ccc(Br)cc1. The van der Waals surface area contributed by atoms with E-state index in [9.17, 15) is 19.2 Å². The third-order valence-electron chi connectivity index (χ3n) is 3.16. The third kappa shape index (κ3) is 7.79. The van der Waals surface area contributed by atoms with E-state index < -0.39 is 18.5 Å². The Kier molecular flexibility index (Phi) is 8.62.